The monoisotopic (exact) mass is 310 g/mol. The molecule has 1 aliphatic carbocycles. The summed E-state index contributed by atoms with van der Waals surface area (Å²) in [4.78, 5) is 12.1. The van der Waals surface area contributed by atoms with Crippen molar-refractivity contribution in [3.8, 4) is 0 Å². The Morgan fingerprint density at radius 3 is 2.83 bits per heavy atom. The first-order valence-corrected chi connectivity index (χ1v) is 7.25. The summed E-state index contributed by atoms with van der Waals surface area (Å²) in [5.74, 6) is 0.755. The van der Waals surface area contributed by atoms with Gasteiger partial charge in [0.15, 0.2) is 0 Å². The van der Waals surface area contributed by atoms with Crippen molar-refractivity contribution in [3.05, 3.63) is 28.2 Å². The lowest BCUT2D eigenvalue weighted by Gasteiger charge is -2.17. The average Bonchev–Trinajstić information content (AvgIpc) is 3.11. The Bertz CT molecular complexity index is 443. The van der Waals surface area contributed by atoms with E-state index in [1.54, 1.807) is 12.1 Å². The zero-order chi connectivity index (χ0) is 13.1. The zero-order valence-electron chi connectivity index (χ0n) is 10.6. The predicted octanol–water partition coefficient (Wildman–Crippen LogP) is 3.34. The number of hydrogen-bond donors (Lipinski definition) is 2. The van der Waals surface area contributed by atoms with Crippen molar-refractivity contribution >= 4 is 27.5 Å². The van der Waals surface area contributed by atoms with Crippen LogP contribution in [0.3, 0.4) is 0 Å². The maximum Gasteiger partial charge on any atom is 0.253 e. The molecule has 0 saturated heterocycles. The van der Waals surface area contributed by atoms with E-state index in [1.807, 2.05) is 6.07 Å². The molecule has 1 aliphatic rings. The van der Waals surface area contributed by atoms with Gasteiger partial charge >= 0.3 is 0 Å². The Kier molecular flexibility index (Phi) is 4.27. The number of halogens is 1. The smallest absolute Gasteiger partial charge is 0.253 e. The van der Waals surface area contributed by atoms with Gasteiger partial charge < -0.3 is 11.1 Å². The summed E-state index contributed by atoms with van der Waals surface area (Å²) < 4.78 is 0.890. The van der Waals surface area contributed by atoms with Crippen molar-refractivity contribution in [2.75, 3.05) is 5.73 Å². The number of carbonyl (C=O) groups is 1. The molecule has 0 spiro atoms. The number of benzene rings is 1. The van der Waals surface area contributed by atoms with Crippen molar-refractivity contribution in [1.82, 2.24) is 5.32 Å². The summed E-state index contributed by atoms with van der Waals surface area (Å²) in [5, 5.41) is 3.08. The van der Waals surface area contributed by atoms with Crippen LogP contribution in [-0.2, 0) is 0 Å². The minimum Gasteiger partial charge on any atom is -0.398 e. The quantitative estimate of drug-likeness (QED) is 0.820. The molecule has 1 atom stereocenters. The van der Waals surface area contributed by atoms with E-state index >= 15 is 0 Å². The van der Waals surface area contributed by atoms with Gasteiger partial charge in [-0.3, -0.25) is 4.79 Å². The first kappa shape index (κ1) is 13.4. The third-order valence-corrected chi connectivity index (χ3v) is 3.89. The van der Waals surface area contributed by atoms with Crippen LogP contribution in [0.2, 0.25) is 0 Å². The van der Waals surface area contributed by atoms with Crippen molar-refractivity contribution in [2.45, 2.75) is 38.6 Å². The van der Waals surface area contributed by atoms with E-state index in [1.165, 1.54) is 12.8 Å². The second-order valence-electron chi connectivity index (χ2n) is 4.99. The Morgan fingerprint density at radius 2 is 2.28 bits per heavy atom. The van der Waals surface area contributed by atoms with Crippen LogP contribution >= 0.6 is 15.9 Å². The van der Waals surface area contributed by atoms with E-state index in [0.717, 1.165) is 23.2 Å². The van der Waals surface area contributed by atoms with Crippen molar-refractivity contribution in [1.29, 1.82) is 0 Å². The maximum atomic E-state index is 12.1. The molecule has 18 heavy (non-hydrogen) atoms. The highest BCUT2D eigenvalue weighted by atomic mass is 79.9. The molecule has 3 nitrogen and oxygen atoms in total. The number of nitrogens with two attached hydrogens (primary N) is 1. The number of nitrogen functional groups attached to an aromatic ring is 1. The molecule has 1 fully saturated rings. The number of hydrogen-bond acceptors (Lipinski definition) is 2. The second kappa shape index (κ2) is 5.74. The van der Waals surface area contributed by atoms with Crippen LogP contribution < -0.4 is 11.1 Å². The van der Waals surface area contributed by atoms with Crippen molar-refractivity contribution in [2.24, 2.45) is 5.92 Å². The zero-order valence-corrected chi connectivity index (χ0v) is 12.2. The van der Waals surface area contributed by atoms with E-state index in [-0.39, 0.29) is 11.9 Å². The predicted molar refractivity (Wildman–Crippen MR) is 77.4 cm³/mol. The summed E-state index contributed by atoms with van der Waals surface area (Å²) in [5.41, 5.74) is 6.94. The highest BCUT2D eigenvalue weighted by Gasteiger charge is 2.25. The van der Waals surface area contributed by atoms with Crippen molar-refractivity contribution in [3.63, 3.8) is 0 Å². The van der Waals surface area contributed by atoms with Crippen LogP contribution in [0.5, 0.6) is 0 Å². The molecule has 1 aromatic rings. The number of amides is 1. The molecule has 1 amide bonds. The van der Waals surface area contributed by atoms with Gasteiger partial charge in [-0.1, -0.05) is 35.7 Å². The number of anilines is 1. The Morgan fingerprint density at radius 1 is 1.56 bits per heavy atom. The van der Waals surface area contributed by atoms with Gasteiger partial charge in [-0.2, -0.15) is 0 Å². The van der Waals surface area contributed by atoms with E-state index in [4.69, 9.17) is 5.73 Å². The minimum atomic E-state index is -0.0625. The molecule has 0 aliphatic heterocycles. The maximum absolute atomic E-state index is 12.1. The van der Waals surface area contributed by atoms with Gasteiger partial charge in [-0.15, -0.1) is 0 Å². The van der Waals surface area contributed by atoms with Crippen LogP contribution in [0.1, 0.15) is 43.0 Å². The lowest BCUT2D eigenvalue weighted by molar-refractivity contribution is 0.0933. The van der Waals surface area contributed by atoms with E-state index in [0.29, 0.717) is 11.3 Å². The summed E-state index contributed by atoms with van der Waals surface area (Å²) >= 11 is 3.34. The fraction of sp³-hybridized carbons (Fsp3) is 0.500. The van der Waals surface area contributed by atoms with Gasteiger partial charge in [0.25, 0.3) is 5.91 Å². The second-order valence-corrected chi connectivity index (χ2v) is 5.90. The first-order chi connectivity index (χ1) is 8.60. The highest BCUT2D eigenvalue weighted by molar-refractivity contribution is 9.10. The largest absolute Gasteiger partial charge is 0.398 e. The van der Waals surface area contributed by atoms with Crippen LogP contribution in [0.25, 0.3) is 0 Å². The van der Waals surface area contributed by atoms with Crippen LogP contribution in [0.15, 0.2) is 22.7 Å². The van der Waals surface area contributed by atoms with Gasteiger partial charge in [-0.25, -0.2) is 0 Å². The third-order valence-electron chi connectivity index (χ3n) is 3.40. The molecule has 1 saturated carbocycles. The fourth-order valence-corrected chi connectivity index (χ4v) is 2.47. The van der Waals surface area contributed by atoms with E-state index in [9.17, 15) is 4.79 Å². The van der Waals surface area contributed by atoms with Crippen LogP contribution in [-0.4, -0.2) is 11.9 Å². The van der Waals surface area contributed by atoms with Gasteiger partial charge in [0.05, 0.1) is 5.56 Å². The SMILES string of the molecule is CCC(CC1CC1)NC(=O)c1ccc(Br)cc1N. The normalized spacial score (nSPS) is 16.3. The Hall–Kier alpha value is -1.03. The molecule has 0 heterocycles. The minimum absolute atomic E-state index is 0.0625. The van der Waals surface area contributed by atoms with E-state index in [2.05, 4.69) is 28.2 Å². The molecule has 98 valence electrons. The molecular weight excluding hydrogens is 292 g/mol. The molecule has 3 N–H and O–H groups in total. The fourth-order valence-electron chi connectivity index (χ4n) is 2.09. The lowest BCUT2D eigenvalue weighted by atomic mass is 10.1. The number of rotatable bonds is 5. The topological polar surface area (TPSA) is 55.1 Å². The summed E-state index contributed by atoms with van der Waals surface area (Å²) in [7, 11) is 0. The summed E-state index contributed by atoms with van der Waals surface area (Å²) in [6.07, 6.45) is 4.69. The van der Waals surface area contributed by atoms with Gasteiger partial charge in [0.1, 0.15) is 0 Å². The van der Waals surface area contributed by atoms with Crippen LogP contribution in [0, 0.1) is 5.92 Å². The summed E-state index contributed by atoms with van der Waals surface area (Å²) in [6, 6.07) is 5.63. The molecule has 2 rings (SSSR count). The van der Waals surface area contributed by atoms with Crippen molar-refractivity contribution < 1.29 is 4.79 Å². The Balaban J connectivity index is 2.00. The van der Waals surface area contributed by atoms with Gasteiger partial charge in [0, 0.05) is 16.2 Å². The van der Waals surface area contributed by atoms with E-state index < -0.39 is 0 Å². The first-order valence-electron chi connectivity index (χ1n) is 6.46. The molecule has 0 radical (unpaired) electrons. The summed E-state index contributed by atoms with van der Waals surface area (Å²) in [6.45, 7) is 2.11. The molecule has 0 aromatic heterocycles. The molecule has 0 bridgehead atoms. The van der Waals surface area contributed by atoms with Crippen LogP contribution in [0.4, 0.5) is 5.69 Å². The molecule has 1 aromatic carbocycles. The Labute approximate surface area is 116 Å². The molecule has 4 heteroatoms. The van der Waals surface area contributed by atoms with Gasteiger partial charge in [0.2, 0.25) is 0 Å². The molecule has 1 unspecified atom stereocenters. The highest BCUT2D eigenvalue weighted by Crippen LogP contribution is 2.34. The average molecular weight is 311 g/mol. The lowest BCUT2D eigenvalue weighted by Crippen LogP contribution is -2.35. The third kappa shape index (κ3) is 3.48. The molecular formula is C14H19BrN2O. The number of carbonyl (C=O) groups excluding carboxylic acids is 1. The standard InChI is InChI=1S/C14H19BrN2O/c1-2-11(7-9-3-4-9)17-14(18)12-6-5-10(15)8-13(12)16/h5-6,8-9,11H,2-4,7,16H2,1H3,(H,17,18). The number of nitrogens with one attached hydrogen (secondary N) is 1. The van der Waals surface area contributed by atoms with Gasteiger partial charge in [-0.05, 0) is 37.0 Å².